The number of halogens is 1. The fourth-order valence-corrected chi connectivity index (χ4v) is 6.25. The molecule has 3 atom stereocenters. The molecule has 5 rings (SSSR count). The topological polar surface area (TPSA) is 59.0 Å². The smallest absolute Gasteiger partial charge is 0.407 e. The Morgan fingerprint density at radius 3 is 2.67 bits per heavy atom. The summed E-state index contributed by atoms with van der Waals surface area (Å²) in [6, 6.07) is 16.1. The Labute approximate surface area is 185 Å². The summed E-state index contributed by atoms with van der Waals surface area (Å²) in [7, 11) is 0. The number of thioether (sulfide) groups is 1. The van der Waals surface area contributed by atoms with Gasteiger partial charge in [0.15, 0.2) is 5.44 Å². The van der Waals surface area contributed by atoms with Gasteiger partial charge in [0.1, 0.15) is 5.75 Å². The van der Waals surface area contributed by atoms with Gasteiger partial charge in [-0.15, -0.1) is 0 Å². The average Bonchev–Trinajstić information content (AvgIpc) is 2.75. The van der Waals surface area contributed by atoms with Gasteiger partial charge in [0.25, 0.3) is 0 Å². The van der Waals surface area contributed by atoms with Crippen LogP contribution in [0, 0.1) is 11.3 Å². The van der Waals surface area contributed by atoms with Crippen molar-refractivity contribution in [2.75, 3.05) is 19.7 Å². The first-order chi connectivity index (χ1) is 14.5. The molecule has 3 aliphatic rings. The van der Waals surface area contributed by atoms with E-state index in [1.807, 2.05) is 36.4 Å². The first-order valence-electron chi connectivity index (χ1n) is 10.3. The lowest BCUT2D eigenvalue weighted by Crippen LogP contribution is -2.51. The van der Waals surface area contributed by atoms with Crippen molar-refractivity contribution in [1.29, 1.82) is 0 Å². The molecule has 0 radical (unpaired) electrons. The van der Waals surface area contributed by atoms with Crippen LogP contribution in [0.5, 0.6) is 5.75 Å². The second kappa shape index (κ2) is 7.98. The highest BCUT2D eigenvalue weighted by molar-refractivity contribution is 7.99. The van der Waals surface area contributed by atoms with E-state index >= 15 is 0 Å². The number of hydrogen-bond donors (Lipinski definition) is 1. The Morgan fingerprint density at radius 2 is 1.93 bits per heavy atom. The van der Waals surface area contributed by atoms with Crippen molar-refractivity contribution in [3.05, 3.63) is 59.1 Å². The van der Waals surface area contributed by atoms with Crippen molar-refractivity contribution in [1.82, 2.24) is 4.90 Å². The zero-order valence-corrected chi connectivity index (χ0v) is 18.1. The summed E-state index contributed by atoms with van der Waals surface area (Å²) in [6.45, 7) is 1.80. The van der Waals surface area contributed by atoms with E-state index in [1.165, 1.54) is 4.90 Å². The standard InChI is InChI=1S/C23H24ClNO4S/c24-15-6-7-17-19(12-15)29-21(30-16-4-2-1-3-5-16)18-13-23(14-28-20(17)18)8-10-25(11-9-23)22(26)27/h1-7,12,18,20-21H,8-11,13-14H2,(H,26,27)/t18-,20+,21?/m1/s1. The van der Waals surface area contributed by atoms with Crippen LogP contribution in [0.15, 0.2) is 53.4 Å². The van der Waals surface area contributed by atoms with Gasteiger partial charge in [-0.3, -0.25) is 0 Å². The third kappa shape index (κ3) is 3.77. The zero-order chi connectivity index (χ0) is 20.7. The maximum atomic E-state index is 11.3. The predicted molar refractivity (Wildman–Crippen MR) is 116 cm³/mol. The fraction of sp³-hybridized carbons (Fsp3) is 0.435. The number of carboxylic acid groups (broad SMARTS) is 1. The molecule has 0 bridgehead atoms. The van der Waals surface area contributed by atoms with Gasteiger partial charge in [0, 0.05) is 34.5 Å². The monoisotopic (exact) mass is 445 g/mol. The Morgan fingerprint density at radius 1 is 1.17 bits per heavy atom. The molecule has 30 heavy (non-hydrogen) atoms. The molecule has 2 saturated heterocycles. The number of nitrogens with zero attached hydrogens (tertiary/aromatic N) is 1. The molecule has 1 unspecified atom stereocenters. The predicted octanol–water partition coefficient (Wildman–Crippen LogP) is 5.69. The summed E-state index contributed by atoms with van der Waals surface area (Å²) >= 11 is 7.96. The van der Waals surface area contributed by atoms with Crippen LogP contribution in [0.3, 0.4) is 0 Å². The molecule has 0 aliphatic carbocycles. The van der Waals surface area contributed by atoms with E-state index in [4.69, 9.17) is 21.1 Å². The van der Waals surface area contributed by atoms with Crippen molar-refractivity contribution < 1.29 is 19.4 Å². The third-order valence-electron chi connectivity index (χ3n) is 6.59. The highest BCUT2D eigenvalue weighted by Crippen LogP contribution is 2.55. The summed E-state index contributed by atoms with van der Waals surface area (Å²) in [5.41, 5.74) is 0.987. The van der Waals surface area contributed by atoms with E-state index in [0.717, 1.165) is 35.5 Å². The van der Waals surface area contributed by atoms with Gasteiger partial charge in [-0.25, -0.2) is 4.79 Å². The van der Waals surface area contributed by atoms with Crippen LogP contribution in [0.2, 0.25) is 5.02 Å². The molecule has 1 spiro atoms. The molecule has 3 aliphatic heterocycles. The summed E-state index contributed by atoms with van der Waals surface area (Å²) in [4.78, 5) is 14.0. The number of hydrogen-bond acceptors (Lipinski definition) is 4. The molecule has 2 aromatic rings. The summed E-state index contributed by atoms with van der Waals surface area (Å²) in [5.74, 6) is 0.989. The second-order valence-corrected chi connectivity index (χ2v) is 10.1. The maximum Gasteiger partial charge on any atom is 0.407 e. The molecule has 2 fully saturated rings. The van der Waals surface area contributed by atoms with Gasteiger partial charge in [-0.05, 0) is 48.9 Å². The minimum absolute atomic E-state index is 0.00982. The lowest BCUT2D eigenvalue weighted by molar-refractivity contribution is -0.139. The highest BCUT2D eigenvalue weighted by Gasteiger charge is 2.50. The van der Waals surface area contributed by atoms with Gasteiger partial charge in [0.2, 0.25) is 0 Å². The van der Waals surface area contributed by atoms with E-state index in [1.54, 1.807) is 11.8 Å². The zero-order valence-electron chi connectivity index (χ0n) is 16.5. The van der Waals surface area contributed by atoms with E-state index in [-0.39, 0.29) is 22.9 Å². The SMILES string of the molecule is O=C(O)N1CCC2(CC1)CO[C@H]1c3ccc(Cl)cc3OC(Sc3ccccc3)[C@@H]1C2. The van der Waals surface area contributed by atoms with Crippen LogP contribution in [-0.4, -0.2) is 41.2 Å². The number of amides is 1. The number of ether oxygens (including phenoxy) is 2. The summed E-state index contributed by atoms with van der Waals surface area (Å²) < 4.78 is 13.0. The molecular weight excluding hydrogens is 422 g/mol. The van der Waals surface area contributed by atoms with Crippen molar-refractivity contribution in [2.24, 2.45) is 11.3 Å². The molecule has 0 saturated carbocycles. The second-order valence-electron chi connectivity index (χ2n) is 8.47. The van der Waals surface area contributed by atoms with Crippen LogP contribution in [0.1, 0.15) is 30.9 Å². The minimum Gasteiger partial charge on any atom is -0.479 e. The van der Waals surface area contributed by atoms with E-state index in [0.29, 0.717) is 24.7 Å². The Kier molecular flexibility index (Phi) is 5.33. The van der Waals surface area contributed by atoms with Gasteiger partial charge < -0.3 is 19.5 Å². The Hall–Kier alpha value is -1.89. The first kappa shape index (κ1) is 20.0. The number of piperidine rings is 1. The molecule has 3 heterocycles. The van der Waals surface area contributed by atoms with Crippen molar-refractivity contribution in [3.8, 4) is 5.75 Å². The molecule has 1 amide bonds. The number of rotatable bonds is 2. The molecule has 5 nitrogen and oxygen atoms in total. The Balaban J connectivity index is 1.43. The molecule has 158 valence electrons. The lowest BCUT2D eigenvalue weighted by Gasteiger charge is -2.51. The fourth-order valence-electron chi connectivity index (χ4n) is 4.94. The van der Waals surface area contributed by atoms with E-state index in [2.05, 4.69) is 12.1 Å². The minimum atomic E-state index is -0.830. The molecule has 2 aromatic carbocycles. The van der Waals surface area contributed by atoms with Crippen molar-refractivity contribution in [3.63, 3.8) is 0 Å². The lowest BCUT2D eigenvalue weighted by atomic mass is 9.68. The van der Waals surface area contributed by atoms with Crippen LogP contribution in [0.4, 0.5) is 4.79 Å². The van der Waals surface area contributed by atoms with Gasteiger partial charge in [0.05, 0.1) is 12.7 Å². The van der Waals surface area contributed by atoms with E-state index in [9.17, 15) is 9.90 Å². The third-order valence-corrected chi connectivity index (χ3v) is 8.05. The van der Waals surface area contributed by atoms with Crippen molar-refractivity contribution >= 4 is 29.5 Å². The largest absolute Gasteiger partial charge is 0.479 e. The van der Waals surface area contributed by atoms with Crippen LogP contribution in [-0.2, 0) is 4.74 Å². The first-order valence-corrected chi connectivity index (χ1v) is 11.6. The summed E-state index contributed by atoms with van der Waals surface area (Å²) in [5, 5.41) is 9.97. The van der Waals surface area contributed by atoms with Crippen molar-refractivity contribution in [2.45, 2.75) is 35.7 Å². The average molecular weight is 446 g/mol. The number of fused-ring (bicyclic) bond motifs is 3. The summed E-state index contributed by atoms with van der Waals surface area (Å²) in [6.07, 6.45) is 1.77. The number of carbonyl (C=O) groups is 1. The molecule has 0 aromatic heterocycles. The molecular formula is C23H24ClNO4S. The molecule has 7 heteroatoms. The van der Waals surface area contributed by atoms with Gasteiger partial charge in [-0.2, -0.15) is 0 Å². The normalized spacial score (nSPS) is 27.1. The molecule has 1 N–H and O–H groups in total. The van der Waals surface area contributed by atoms with Crippen LogP contribution < -0.4 is 4.74 Å². The van der Waals surface area contributed by atoms with E-state index < -0.39 is 6.09 Å². The van der Waals surface area contributed by atoms with Gasteiger partial charge in [-0.1, -0.05) is 47.6 Å². The number of benzene rings is 2. The highest BCUT2D eigenvalue weighted by atomic mass is 35.5. The van der Waals surface area contributed by atoms with Crippen LogP contribution in [0.25, 0.3) is 0 Å². The number of likely N-dealkylation sites (tertiary alicyclic amines) is 1. The van der Waals surface area contributed by atoms with Crippen LogP contribution >= 0.6 is 23.4 Å². The maximum absolute atomic E-state index is 11.3. The van der Waals surface area contributed by atoms with Gasteiger partial charge >= 0.3 is 6.09 Å². The quantitative estimate of drug-likeness (QED) is 0.643. The Bertz CT molecular complexity index is 932.